The SMILES string of the molecule is CCC(Nc1nc(C)nc(NC(C)=O)n1)c1sccc1C#N. The molecule has 2 N–H and O–H groups in total. The molecule has 0 fully saturated rings. The lowest BCUT2D eigenvalue weighted by Crippen LogP contribution is -2.16. The molecule has 1 unspecified atom stereocenters. The summed E-state index contributed by atoms with van der Waals surface area (Å²) in [6.45, 7) is 5.14. The number of nitrogens with one attached hydrogen (secondary N) is 2. The predicted molar refractivity (Wildman–Crippen MR) is 84.6 cm³/mol. The van der Waals surface area contributed by atoms with Crippen LogP contribution in [0.2, 0.25) is 0 Å². The summed E-state index contributed by atoms with van der Waals surface area (Å²) in [5.41, 5.74) is 0.650. The lowest BCUT2D eigenvalue weighted by Gasteiger charge is -2.16. The lowest BCUT2D eigenvalue weighted by molar-refractivity contribution is -0.114. The van der Waals surface area contributed by atoms with Crippen molar-refractivity contribution < 1.29 is 4.79 Å². The van der Waals surface area contributed by atoms with Crippen molar-refractivity contribution in [3.63, 3.8) is 0 Å². The van der Waals surface area contributed by atoms with E-state index in [1.54, 1.807) is 13.0 Å². The Hall–Kier alpha value is -2.53. The second kappa shape index (κ2) is 6.95. The maximum Gasteiger partial charge on any atom is 0.234 e. The van der Waals surface area contributed by atoms with Gasteiger partial charge in [0.25, 0.3) is 0 Å². The Kier molecular flexibility index (Phi) is 5.01. The van der Waals surface area contributed by atoms with E-state index < -0.39 is 0 Å². The third kappa shape index (κ3) is 3.77. The highest BCUT2D eigenvalue weighted by Crippen LogP contribution is 2.28. The van der Waals surface area contributed by atoms with Crippen LogP contribution in [0.25, 0.3) is 0 Å². The van der Waals surface area contributed by atoms with E-state index in [-0.39, 0.29) is 17.9 Å². The number of hydrogen-bond donors (Lipinski definition) is 2. The Labute approximate surface area is 132 Å². The van der Waals surface area contributed by atoms with E-state index in [1.165, 1.54) is 18.3 Å². The van der Waals surface area contributed by atoms with Gasteiger partial charge in [0.15, 0.2) is 0 Å². The fourth-order valence-corrected chi connectivity index (χ4v) is 2.93. The number of nitrogens with zero attached hydrogens (tertiary/aromatic N) is 4. The van der Waals surface area contributed by atoms with Crippen LogP contribution in [0.15, 0.2) is 11.4 Å². The smallest absolute Gasteiger partial charge is 0.234 e. The van der Waals surface area contributed by atoms with Crippen LogP contribution in [0.4, 0.5) is 11.9 Å². The molecule has 0 aliphatic carbocycles. The first-order valence-electron chi connectivity index (χ1n) is 6.77. The van der Waals surface area contributed by atoms with Crippen LogP contribution < -0.4 is 10.6 Å². The monoisotopic (exact) mass is 316 g/mol. The average Bonchev–Trinajstić information content (AvgIpc) is 2.91. The van der Waals surface area contributed by atoms with Crippen LogP contribution in [-0.4, -0.2) is 20.9 Å². The molecule has 0 spiro atoms. The number of anilines is 2. The number of nitriles is 1. The molecule has 0 saturated carbocycles. The zero-order valence-corrected chi connectivity index (χ0v) is 13.4. The normalized spacial score (nSPS) is 11.5. The van der Waals surface area contributed by atoms with Crippen molar-refractivity contribution in [3.05, 3.63) is 27.7 Å². The number of thiophene rings is 1. The lowest BCUT2D eigenvalue weighted by atomic mass is 10.1. The first-order chi connectivity index (χ1) is 10.5. The molecule has 2 rings (SSSR count). The van der Waals surface area contributed by atoms with Gasteiger partial charge in [-0.25, -0.2) is 0 Å². The predicted octanol–water partition coefficient (Wildman–Crippen LogP) is 2.63. The van der Waals surface area contributed by atoms with Crippen molar-refractivity contribution in [2.45, 2.75) is 33.2 Å². The second-order valence-electron chi connectivity index (χ2n) is 4.63. The van der Waals surface area contributed by atoms with Crippen molar-refractivity contribution >= 4 is 29.1 Å². The molecular weight excluding hydrogens is 300 g/mol. The molecule has 7 nitrogen and oxygen atoms in total. The standard InChI is InChI=1S/C14H16N6OS/c1-4-11(12-10(7-15)5-6-22-12)19-14-17-8(2)16-13(20-14)18-9(3)21/h5-6,11H,4H2,1-3H3,(H2,16,17,18,19,20,21). The zero-order chi connectivity index (χ0) is 16.1. The third-order valence-corrected chi connectivity index (χ3v) is 3.91. The van der Waals surface area contributed by atoms with Crippen LogP contribution in [0, 0.1) is 18.3 Å². The highest BCUT2D eigenvalue weighted by molar-refractivity contribution is 7.10. The Balaban J connectivity index is 2.26. The highest BCUT2D eigenvalue weighted by atomic mass is 32.1. The first kappa shape index (κ1) is 15.9. The van der Waals surface area contributed by atoms with Crippen LogP contribution in [0.5, 0.6) is 0 Å². The van der Waals surface area contributed by atoms with Crippen LogP contribution in [0.3, 0.4) is 0 Å². The number of rotatable bonds is 5. The molecule has 0 aromatic carbocycles. The number of aromatic nitrogens is 3. The molecule has 2 heterocycles. The van der Waals surface area contributed by atoms with Gasteiger partial charge in [-0.1, -0.05) is 6.92 Å². The molecule has 0 aliphatic heterocycles. The van der Waals surface area contributed by atoms with Gasteiger partial charge >= 0.3 is 0 Å². The zero-order valence-electron chi connectivity index (χ0n) is 12.5. The number of carbonyl (C=O) groups excluding carboxylic acids is 1. The van der Waals surface area contributed by atoms with E-state index in [4.69, 9.17) is 5.26 Å². The molecule has 1 atom stereocenters. The third-order valence-electron chi connectivity index (χ3n) is 2.88. The van der Waals surface area contributed by atoms with Gasteiger partial charge in [-0.2, -0.15) is 20.2 Å². The summed E-state index contributed by atoms with van der Waals surface area (Å²) >= 11 is 1.52. The number of amides is 1. The molecule has 0 radical (unpaired) electrons. The highest BCUT2D eigenvalue weighted by Gasteiger charge is 2.17. The molecule has 2 aromatic heterocycles. The minimum atomic E-state index is -0.242. The fraction of sp³-hybridized carbons (Fsp3) is 0.357. The van der Waals surface area contributed by atoms with E-state index in [0.717, 1.165) is 11.3 Å². The molecule has 0 aliphatic rings. The van der Waals surface area contributed by atoms with Crippen LogP contribution in [0.1, 0.15) is 42.6 Å². The number of carbonyl (C=O) groups is 1. The summed E-state index contributed by atoms with van der Waals surface area (Å²) in [4.78, 5) is 24.5. The largest absolute Gasteiger partial charge is 0.346 e. The Morgan fingerprint density at radius 2 is 2.14 bits per heavy atom. The fourth-order valence-electron chi connectivity index (χ4n) is 1.95. The first-order valence-corrected chi connectivity index (χ1v) is 7.65. The van der Waals surface area contributed by atoms with Gasteiger partial charge in [0.1, 0.15) is 11.9 Å². The number of aryl methyl sites for hydroxylation is 1. The van der Waals surface area contributed by atoms with Gasteiger partial charge in [0.05, 0.1) is 11.6 Å². The van der Waals surface area contributed by atoms with Crippen molar-refractivity contribution in [3.8, 4) is 6.07 Å². The van der Waals surface area contributed by atoms with E-state index in [9.17, 15) is 4.79 Å². The minimum absolute atomic E-state index is 0.0679. The molecule has 1 amide bonds. The molecule has 114 valence electrons. The average molecular weight is 316 g/mol. The van der Waals surface area contributed by atoms with Crippen molar-refractivity contribution in [2.75, 3.05) is 10.6 Å². The Morgan fingerprint density at radius 1 is 1.41 bits per heavy atom. The quantitative estimate of drug-likeness (QED) is 0.879. The van der Waals surface area contributed by atoms with Crippen molar-refractivity contribution in [1.82, 2.24) is 15.0 Å². The summed E-state index contributed by atoms with van der Waals surface area (Å²) in [5.74, 6) is 0.848. The van der Waals surface area contributed by atoms with Gasteiger partial charge in [-0.05, 0) is 24.8 Å². The molecule has 0 saturated heterocycles. The Morgan fingerprint density at radius 3 is 2.77 bits per heavy atom. The van der Waals surface area contributed by atoms with Crippen LogP contribution in [-0.2, 0) is 4.79 Å². The molecule has 8 heteroatoms. The van der Waals surface area contributed by atoms with E-state index in [2.05, 4.69) is 31.7 Å². The molecular formula is C14H16N6OS. The van der Waals surface area contributed by atoms with Gasteiger partial charge in [-0.15, -0.1) is 11.3 Å². The summed E-state index contributed by atoms with van der Waals surface area (Å²) in [6, 6.07) is 3.91. The summed E-state index contributed by atoms with van der Waals surface area (Å²) in [6.07, 6.45) is 0.773. The second-order valence-corrected chi connectivity index (χ2v) is 5.57. The van der Waals surface area contributed by atoms with Gasteiger partial charge in [0.2, 0.25) is 17.8 Å². The summed E-state index contributed by atoms with van der Waals surface area (Å²) in [5, 5.41) is 16.8. The van der Waals surface area contributed by atoms with Gasteiger partial charge in [-0.3, -0.25) is 10.1 Å². The molecule has 22 heavy (non-hydrogen) atoms. The number of hydrogen-bond acceptors (Lipinski definition) is 7. The van der Waals surface area contributed by atoms with Gasteiger partial charge < -0.3 is 5.32 Å². The maximum absolute atomic E-state index is 11.1. The maximum atomic E-state index is 11.1. The summed E-state index contributed by atoms with van der Waals surface area (Å²) < 4.78 is 0. The van der Waals surface area contributed by atoms with E-state index in [0.29, 0.717) is 17.3 Å². The van der Waals surface area contributed by atoms with E-state index >= 15 is 0 Å². The Bertz CT molecular complexity index is 720. The minimum Gasteiger partial charge on any atom is -0.346 e. The molecule has 2 aromatic rings. The summed E-state index contributed by atoms with van der Waals surface area (Å²) in [7, 11) is 0. The van der Waals surface area contributed by atoms with Crippen molar-refractivity contribution in [2.24, 2.45) is 0 Å². The van der Waals surface area contributed by atoms with Crippen LogP contribution >= 0.6 is 11.3 Å². The van der Waals surface area contributed by atoms with Gasteiger partial charge in [0, 0.05) is 11.8 Å². The topological polar surface area (TPSA) is 104 Å². The van der Waals surface area contributed by atoms with E-state index in [1.807, 2.05) is 12.3 Å². The van der Waals surface area contributed by atoms with Crippen molar-refractivity contribution in [1.29, 1.82) is 5.26 Å². The molecule has 0 bridgehead atoms.